The van der Waals surface area contributed by atoms with Gasteiger partial charge in [0.1, 0.15) is 0 Å². The van der Waals surface area contributed by atoms with Gasteiger partial charge in [0.2, 0.25) is 0 Å². The van der Waals surface area contributed by atoms with Gasteiger partial charge < -0.3 is 9.13 Å². The first-order chi connectivity index (χ1) is 10.2. The van der Waals surface area contributed by atoms with Crippen LogP contribution in [0.1, 0.15) is 47.7 Å². The fourth-order valence-electron chi connectivity index (χ4n) is 2.97. The number of hydrogen-bond acceptors (Lipinski definition) is 3. The summed E-state index contributed by atoms with van der Waals surface area (Å²) in [4.78, 5) is 22.6. The molecule has 0 spiro atoms. The van der Waals surface area contributed by atoms with Gasteiger partial charge in [-0.15, -0.1) is 11.3 Å². The summed E-state index contributed by atoms with van der Waals surface area (Å²) in [6, 6.07) is 3.92. The van der Waals surface area contributed by atoms with Crippen LogP contribution in [-0.4, -0.2) is 21.7 Å². The molecule has 3 aromatic rings. The second kappa shape index (κ2) is 5.48. The van der Waals surface area contributed by atoms with Crippen molar-refractivity contribution in [3.8, 4) is 0 Å². The van der Waals surface area contributed by atoms with Crippen molar-refractivity contribution in [1.82, 2.24) is 9.13 Å². The van der Waals surface area contributed by atoms with Crippen molar-refractivity contribution in [2.45, 2.75) is 39.8 Å². The summed E-state index contributed by atoms with van der Waals surface area (Å²) in [6.07, 6.45) is 3.78. The van der Waals surface area contributed by atoms with Crippen LogP contribution in [0, 0.1) is 0 Å². The number of nitrogens with zero attached hydrogens (tertiary/aromatic N) is 2. The van der Waals surface area contributed by atoms with Crippen molar-refractivity contribution in [1.29, 1.82) is 0 Å². The molecule has 4 nitrogen and oxygen atoms in total. The highest BCUT2D eigenvalue weighted by Gasteiger charge is 2.19. The van der Waals surface area contributed by atoms with Crippen LogP contribution in [0.3, 0.4) is 0 Å². The summed E-state index contributed by atoms with van der Waals surface area (Å²) in [6.45, 7) is 5.84. The third-order valence-corrected chi connectivity index (χ3v) is 4.83. The fourth-order valence-corrected chi connectivity index (χ4v) is 4.18. The van der Waals surface area contributed by atoms with E-state index in [0.717, 1.165) is 70.3 Å². The first-order valence-electron chi connectivity index (χ1n) is 7.30. The topological polar surface area (TPSA) is 44.0 Å². The maximum atomic E-state index is 11.3. The van der Waals surface area contributed by atoms with Crippen molar-refractivity contribution in [2.75, 3.05) is 0 Å². The van der Waals surface area contributed by atoms with Crippen molar-refractivity contribution >= 4 is 44.3 Å². The van der Waals surface area contributed by atoms with E-state index in [0.29, 0.717) is 0 Å². The molecule has 0 saturated heterocycles. The van der Waals surface area contributed by atoms with E-state index >= 15 is 0 Å². The smallest absolute Gasteiger partial charge is 0.166 e. The van der Waals surface area contributed by atoms with Gasteiger partial charge in [-0.1, -0.05) is 13.8 Å². The Morgan fingerprint density at radius 2 is 1.33 bits per heavy atom. The third kappa shape index (κ3) is 2.03. The number of thiophene rings is 1. The average Bonchev–Trinajstić information content (AvgIpc) is 3.09. The van der Waals surface area contributed by atoms with Gasteiger partial charge in [-0.05, 0) is 25.0 Å². The Hall–Kier alpha value is -1.88. The Labute approximate surface area is 127 Å². The molecule has 3 rings (SSSR count). The molecule has 110 valence electrons. The number of aldehydes is 2. The Morgan fingerprint density at radius 1 is 0.905 bits per heavy atom. The lowest BCUT2D eigenvalue weighted by molar-refractivity contribution is 0.110. The summed E-state index contributed by atoms with van der Waals surface area (Å²) >= 11 is 1.65. The van der Waals surface area contributed by atoms with E-state index < -0.39 is 0 Å². The minimum absolute atomic E-state index is 0.719. The lowest BCUT2D eigenvalue weighted by Gasteiger charge is -2.08. The highest BCUT2D eigenvalue weighted by molar-refractivity contribution is 7.25. The van der Waals surface area contributed by atoms with E-state index in [1.165, 1.54) is 0 Å². The lowest BCUT2D eigenvalue weighted by atomic mass is 10.4. The van der Waals surface area contributed by atoms with Crippen LogP contribution in [0.4, 0.5) is 0 Å². The molecule has 0 amide bonds. The van der Waals surface area contributed by atoms with Crippen LogP contribution in [0.5, 0.6) is 0 Å². The molecule has 0 aliphatic heterocycles. The monoisotopic (exact) mass is 302 g/mol. The third-order valence-electron chi connectivity index (χ3n) is 3.77. The summed E-state index contributed by atoms with van der Waals surface area (Å²) in [5.41, 5.74) is 3.63. The van der Waals surface area contributed by atoms with Crippen molar-refractivity contribution in [2.24, 2.45) is 0 Å². The van der Waals surface area contributed by atoms with E-state index in [2.05, 4.69) is 23.0 Å². The van der Waals surface area contributed by atoms with Gasteiger partial charge in [0.15, 0.2) is 12.6 Å². The SMILES string of the molecule is CCCn1c(C=O)cc2sc3cc(C=O)n(CCC)c3c21. The van der Waals surface area contributed by atoms with Gasteiger partial charge in [0.05, 0.1) is 31.8 Å². The number of hydrogen-bond donors (Lipinski definition) is 0. The molecule has 0 fully saturated rings. The molecule has 0 saturated carbocycles. The van der Waals surface area contributed by atoms with Crippen LogP contribution < -0.4 is 0 Å². The summed E-state index contributed by atoms with van der Waals surface area (Å²) < 4.78 is 6.42. The fraction of sp³-hybridized carbons (Fsp3) is 0.375. The normalized spacial score (nSPS) is 11.5. The number of aromatic nitrogens is 2. The Bertz CT molecular complexity index is 756. The van der Waals surface area contributed by atoms with Crippen LogP contribution in [0.15, 0.2) is 12.1 Å². The molecule has 0 aromatic carbocycles. The molecule has 3 heterocycles. The maximum Gasteiger partial charge on any atom is 0.166 e. The molecular weight excluding hydrogens is 284 g/mol. The van der Waals surface area contributed by atoms with Gasteiger partial charge in [-0.3, -0.25) is 9.59 Å². The minimum Gasteiger partial charge on any atom is -0.336 e. The minimum atomic E-state index is 0.719. The van der Waals surface area contributed by atoms with Crippen molar-refractivity contribution in [3.05, 3.63) is 23.5 Å². The van der Waals surface area contributed by atoms with Gasteiger partial charge >= 0.3 is 0 Å². The zero-order valence-electron chi connectivity index (χ0n) is 12.3. The van der Waals surface area contributed by atoms with Gasteiger partial charge in [0, 0.05) is 13.1 Å². The quantitative estimate of drug-likeness (QED) is 0.643. The Balaban J connectivity index is 2.39. The zero-order valence-corrected chi connectivity index (χ0v) is 13.1. The Kier molecular flexibility index (Phi) is 3.68. The molecule has 5 heteroatoms. The predicted octanol–water partition coefficient (Wildman–Crippen LogP) is 4.10. The van der Waals surface area contributed by atoms with E-state index in [1.54, 1.807) is 11.3 Å². The number of carbonyl (C=O) groups is 2. The molecule has 0 aliphatic rings. The second-order valence-electron chi connectivity index (χ2n) is 5.21. The average molecular weight is 302 g/mol. The highest BCUT2D eigenvalue weighted by atomic mass is 32.1. The van der Waals surface area contributed by atoms with Crippen LogP contribution in [0.2, 0.25) is 0 Å². The standard InChI is InChI=1S/C16H18N2O2S/c1-3-5-17-11(9-19)7-13-15(17)16-14(21-13)8-12(10-20)18(16)6-4-2/h7-10H,3-6H2,1-2H3. The summed E-state index contributed by atoms with van der Waals surface area (Å²) in [5, 5.41) is 0. The van der Waals surface area contributed by atoms with E-state index in [4.69, 9.17) is 0 Å². The molecule has 0 N–H and O–H groups in total. The van der Waals surface area contributed by atoms with E-state index in [9.17, 15) is 9.59 Å². The van der Waals surface area contributed by atoms with E-state index in [1.807, 2.05) is 12.1 Å². The number of fused-ring (bicyclic) bond motifs is 3. The highest BCUT2D eigenvalue weighted by Crippen LogP contribution is 2.38. The first-order valence-corrected chi connectivity index (χ1v) is 8.12. The molecule has 0 atom stereocenters. The summed E-state index contributed by atoms with van der Waals surface area (Å²) in [7, 11) is 0. The lowest BCUT2D eigenvalue weighted by Crippen LogP contribution is -2.04. The zero-order chi connectivity index (χ0) is 15.0. The summed E-state index contributed by atoms with van der Waals surface area (Å²) in [5.74, 6) is 0. The van der Waals surface area contributed by atoms with Crippen LogP contribution >= 0.6 is 11.3 Å². The predicted molar refractivity (Wildman–Crippen MR) is 86.7 cm³/mol. The van der Waals surface area contributed by atoms with Crippen molar-refractivity contribution < 1.29 is 9.59 Å². The largest absolute Gasteiger partial charge is 0.336 e. The molecule has 21 heavy (non-hydrogen) atoms. The van der Waals surface area contributed by atoms with Gasteiger partial charge in [0.25, 0.3) is 0 Å². The van der Waals surface area contributed by atoms with Crippen LogP contribution in [0.25, 0.3) is 20.4 Å². The number of carbonyl (C=O) groups excluding carboxylic acids is 2. The second-order valence-corrected chi connectivity index (χ2v) is 6.29. The Morgan fingerprint density at radius 3 is 1.67 bits per heavy atom. The number of rotatable bonds is 6. The maximum absolute atomic E-state index is 11.3. The van der Waals surface area contributed by atoms with Gasteiger partial charge in [-0.25, -0.2) is 0 Å². The van der Waals surface area contributed by atoms with E-state index in [-0.39, 0.29) is 0 Å². The van der Waals surface area contributed by atoms with Gasteiger partial charge in [-0.2, -0.15) is 0 Å². The molecular formula is C16H18N2O2S. The van der Waals surface area contributed by atoms with Crippen LogP contribution in [-0.2, 0) is 13.1 Å². The molecule has 0 bridgehead atoms. The number of aryl methyl sites for hydroxylation is 2. The molecule has 3 aromatic heterocycles. The molecule has 0 unspecified atom stereocenters. The first kappa shape index (κ1) is 14.1. The molecule has 0 aliphatic carbocycles. The molecule has 0 radical (unpaired) electrons. The van der Waals surface area contributed by atoms with Crippen molar-refractivity contribution in [3.63, 3.8) is 0 Å².